The van der Waals surface area contributed by atoms with E-state index in [1.807, 2.05) is 6.92 Å². The van der Waals surface area contributed by atoms with E-state index in [0.29, 0.717) is 17.9 Å². The number of imidazole rings is 1. The van der Waals surface area contributed by atoms with Gasteiger partial charge in [0.25, 0.3) is 0 Å². The van der Waals surface area contributed by atoms with Crippen molar-refractivity contribution in [2.24, 2.45) is 0 Å². The summed E-state index contributed by atoms with van der Waals surface area (Å²) in [5.74, 6) is 0.434. The van der Waals surface area contributed by atoms with Crippen LogP contribution in [0, 0.1) is 0 Å². The maximum absolute atomic E-state index is 14.2. The van der Waals surface area contributed by atoms with Crippen molar-refractivity contribution in [2.75, 3.05) is 18.5 Å². The van der Waals surface area contributed by atoms with Gasteiger partial charge in [-0.25, -0.2) is 9.37 Å². The Bertz CT molecular complexity index is 684. The summed E-state index contributed by atoms with van der Waals surface area (Å²) in [6.07, 6.45) is -3.93. The normalized spacial score (nSPS) is 28.4. The number of hydrogen-bond acceptors (Lipinski definition) is 7. The molecule has 3 N–H and O–H groups in total. The van der Waals surface area contributed by atoms with Crippen molar-refractivity contribution in [3.05, 3.63) is 11.6 Å². The highest BCUT2D eigenvalue weighted by Crippen LogP contribution is 2.34. The van der Waals surface area contributed by atoms with Gasteiger partial charge in [-0.3, -0.25) is 4.57 Å². The first-order valence-electron chi connectivity index (χ1n) is 6.79. The number of anilines is 1. The van der Waals surface area contributed by atoms with E-state index in [1.165, 1.54) is 10.9 Å². The zero-order valence-corrected chi connectivity index (χ0v) is 12.4. The Morgan fingerprint density at radius 2 is 2.27 bits per heavy atom. The summed E-state index contributed by atoms with van der Waals surface area (Å²) in [6, 6.07) is 0. The van der Waals surface area contributed by atoms with E-state index in [4.69, 9.17) is 21.4 Å². The molecule has 3 heterocycles. The Hall–Kier alpha value is -1.55. The van der Waals surface area contributed by atoms with Crippen LogP contribution >= 0.6 is 11.6 Å². The largest absolute Gasteiger partial charge is 0.394 e. The van der Waals surface area contributed by atoms with Gasteiger partial charge in [-0.05, 0) is 18.5 Å². The number of fused-ring (bicyclic) bond motifs is 1. The quantitative estimate of drug-likeness (QED) is 0.700. The highest BCUT2D eigenvalue weighted by molar-refractivity contribution is 6.28. The second-order valence-electron chi connectivity index (χ2n) is 4.88. The molecule has 0 radical (unpaired) electrons. The zero-order valence-electron chi connectivity index (χ0n) is 11.6. The van der Waals surface area contributed by atoms with E-state index in [-0.39, 0.29) is 10.9 Å². The van der Waals surface area contributed by atoms with E-state index in [0.717, 1.165) is 0 Å². The highest BCUT2D eigenvalue weighted by Gasteiger charge is 2.45. The molecule has 0 bridgehead atoms. The SMILES string of the molecule is CCNc1nc(Cl)nc2c1ncn2[C@@H]1O[C@H](CO)[C@@H](O)[C@@H]1F. The molecule has 0 amide bonds. The molecule has 0 saturated carbocycles. The molecule has 4 atom stereocenters. The molecular weight excluding hydrogens is 317 g/mol. The Labute approximate surface area is 129 Å². The number of aliphatic hydroxyl groups excluding tert-OH is 2. The number of nitrogens with zero attached hydrogens (tertiary/aromatic N) is 4. The van der Waals surface area contributed by atoms with Gasteiger partial charge in [-0.2, -0.15) is 9.97 Å². The lowest BCUT2D eigenvalue weighted by atomic mass is 10.1. The molecular formula is C12H15ClFN5O3. The van der Waals surface area contributed by atoms with E-state index < -0.39 is 31.2 Å². The van der Waals surface area contributed by atoms with Gasteiger partial charge in [0.15, 0.2) is 29.4 Å². The molecule has 8 nitrogen and oxygen atoms in total. The Morgan fingerprint density at radius 1 is 1.50 bits per heavy atom. The van der Waals surface area contributed by atoms with Gasteiger partial charge in [0.05, 0.1) is 12.9 Å². The average molecular weight is 332 g/mol. The predicted molar refractivity (Wildman–Crippen MR) is 76.4 cm³/mol. The van der Waals surface area contributed by atoms with Crippen molar-refractivity contribution in [3.8, 4) is 0 Å². The molecule has 1 aliphatic rings. The van der Waals surface area contributed by atoms with Crippen LogP contribution in [-0.4, -0.2) is 61.3 Å². The summed E-state index contributed by atoms with van der Waals surface area (Å²) < 4.78 is 20.9. The first-order valence-corrected chi connectivity index (χ1v) is 7.17. The molecule has 1 saturated heterocycles. The number of halogens is 2. The molecule has 2 aromatic heterocycles. The van der Waals surface area contributed by atoms with E-state index >= 15 is 0 Å². The molecule has 10 heteroatoms. The third-order valence-corrected chi connectivity index (χ3v) is 3.66. The molecule has 3 rings (SSSR count). The highest BCUT2D eigenvalue weighted by atomic mass is 35.5. The van der Waals surface area contributed by atoms with Gasteiger partial charge in [-0.1, -0.05) is 0 Å². The first-order chi connectivity index (χ1) is 10.6. The number of hydrogen-bond donors (Lipinski definition) is 3. The van der Waals surface area contributed by atoms with Crippen LogP contribution in [0.15, 0.2) is 6.33 Å². The number of nitrogens with one attached hydrogen (secondary N) is 1. The van der Waals surface area contributed by atoms with Gasteiger partial charge in [0, 0.05) is 6.54 Å². The van der Waals surface area contributed by atoms with Crippen LogP contribution in [0.2, 0.25) is 5.28 Å². The van der Waals surface area contributed by atoms with Crippen LogP contribution in [-0.2, 0) is 4.74 Å². The number of aliphatic hydroxyl groups is 2. The van der Waals surface area contributed by atoms with Crippen molar-refractivity contribution in [1.29, 1.82) is 0 Å². The second-order valence-corrected chi connectivity index (χ2v) is 5.22. The molecule has 1 aliphatic heterocycles. The number of alkyl halides is 1. The van der Waals surface area contributed by atoms with Crippen molar-refractivity contribution in [3.63, 3.8) is 0 Å². The van der Waals surface area contributed by atoms with Gasteiger partial charge in [-0.15, -0.1) is 0 Å². The van der Waals surface area contributed by atoms with Gasteiger partial charge in [0.2, 0.25) is 5.28 Å². The average Bonchev–Trinajstić information content (AvgIpc) is 3.02. The third kappa shape index (κ3) is 2.39. The zero-order chi connectivity index (χ0) is 15.9. The van der Waals surface area contributed by atoms with Crippen LogP contribution in [0.5, 0.6) is 0 Å². The van der Waals surface area contributed by atoms with Crippen molar-refractivity contribution in [2.45, 2.75) is 31.5 Å². The second kappa shape index (κ2) is 5.92. The molecule has 22 heavy (non-hydrogen) atoms. The fourth-order valence-corrected chi connectivity index (χ4v) is 2.61. The summed E-state index contributed by atoms with van der Waals surface area (Å²) in [4.78, 5) is 12.3. The molecule has 0 spiro atoms. The van der Waals surface area contributed by atoms with Crippen LogP contribution < -0.4 is 5.32 Å². The standard InChI is InChI=1S/C12H15ClFN5O3/c1-2-15-9-7-10(18-12(13)17-9)19(4-16-7)11-6(14)8(21)5(3-20)22-11/h4-6,8,11,20-21H,2-3H2,1H3,(H,15,17,18)/t5-,6+,8-,11-/m1/s1. The summed E-state index contributed by atoms with van der Waals surface area (Å²) >= 11 is 5.89. The summed E-state index contributed by atoms with van der Waals surface area (Å²) in [6.45, 7) is 2.01. The molecule has 1 fully saturated rings. The monoisotopic (exact) mass is 331 g/mol. The summed E-state index contributed by atoms with van der Waals surface area (Å²) in [5.41, 5.74) is 0.707. The Balaban J connectivity index is 2.05. The topological polar surface area (TPSA) is 105 Å². The minimum absolute atomic E-state index is 0.0159. The fourth-order valence-electron chi connectivity index (χ4n) is 2.45. The van der Waals surface area contributed by atoms with Crippen LogP contribution in [0.25, 0.3) is 11.2 Å². The maximum Gasteiger partial charge on any atom is 0.226 e. The minimum Gasteiger partial charge on any atom is -0.394 e. The number of rotatable bonds is 4. The smallest absolute Gasteiger partial charge is 0.226 e. The van der Waals surface area contributed by atoms with Gasteiger partial charge >= 0.3 is 0 Å². The summed E-state index contributed by atoms with van der Waals surface area (Å²) in [7, 11) is 0. The van der Waals surface area contributed by atoms with Crippen molar-refractivity contribution >= 4 is 28.6 Å². The molecule has 120 valence electrons. The van der Waals surface area contributed by atoms with Gasteiger partial charge in [0.1, 0.15) is 12.2 Å². The lowest BCUT2D eigenvalue weighted by molar-refractivity contribution is -0.0459. The predicted octanol–water partition coefficient (Wildman–Crippen LogP) is 0.500. The third-order valence-electron chi connectivity index (χ3n) is 3.49. The molecule has 0 unspecified atom stereocenters. The number of ether oxygens (including phenoxy) is 1. The first kappa shape index (κ1) is 15.3. The molecule has 0 aromatic carbocycles. The summed E-state index contributed by atoms with van der Waals surface area (Å²) in [5, 5.41) is 21.8. The van der Waals surface area contributed by atoms with Crippen LogP contribution in [0.3, 0.4) is 0 Å². The fraction of sp³-hybridized carbons (Fsp3) is 0.583. The van der Waals surface area contributed by atoms with Crippen molar-refractivity contribution < 1.29 is 19.3 Å². The van der Waals surface area contributed by atoms with Crippen LogP contribution in [0.1, 0.15) is 13.2 Å². The van der Waals surface area contributed by atoms with Crippen molar-refractivity contribution in [1.82, 2.24) is 19.5 Å². The van der Waals surface area contributed by atoms with E-state index in [1.54, 1.807) is 0 Å². The van der Waals surface area contributed by atoms with E-state index in [2.05, 4.69) is 20.3 Å². The van der Waals surface area contributed by atoms with E-state index in [9.17, 15) is 9.50 Å². The Morgan fingerprint density at radius 3 is 2.91 bits per heavy atom. The van der Waals surface area contributed by atoms with Gasteiger partial charge < -0.3 is 20.3 Å². The minimum atomic E-state index is -1.72. The Kier molecular flexibility index (Phi) is 4.13. The lowest BCUT2D eigenvalue weighted by Gasteiger charge is -2.15. The number of aromatic nitrogens is 4. The van der Waals surface area contributed by atoms with Crippen LogP contribution in [0.4, 0.5) is 10.2 Å². The maximum atomic E-state index is 14.2. The lowest BCUT2D eigenvalue weighted by Crippen LogP contribution is -2.30. The molecule has 2 aromatic rings. The molecule has 0 aliphatic carbocycles.